The first kappa shape index (κ1) is 25.1. The summed E-state index contributed by atoms with van der Waals surface area (Å²) in [6.45, 7) is -0.158. The van der Waals surface area contributed by atoms with E-state index in [0.717, 1.165) is 5.39 Å². The molecule has 0 aliphatic rings. The Morgan fingerprint density at radius 2 is 1.73 bits per heavy atom. The van der Waals surface area contributed by atoms with E-state index < -0.39 is 0 Å². The van der Waals surface area contributed by atoms with Crippen molar-refractivity contribution in [1.29, 1.82) is 0 Å². The number of ether oxygens (including phenoxy) is 1. The van der Waals surface area contributed by atoms with Gasteiger partial charge in [-0.05, 0) is 78.4 Å². The summed E-state index contributed by atoms with van der Waals surface area (Å²) < 4.78 is 12.8. The lowest BCUT2D eigenvalue weighted by Gasteiger charge is -2.08. The summed E-state index contributed by atoms with van der Waals surface area (Å²) in [5.41, 5.74) is 2.27. The van der Waals surface area contributed by atoms with Crippen LogP contribution in [0, 0.1) is 0 Å². The van der Waals surface area contributed by atoms with E-state index in [0.29, 0.717) is 50.1 Å². The summed E-state index contributed by atoms with van der Waals surface area (Å²) in [5.74, 6) is 0.940. The first-order chi connectivity index (χ1) is 19.5. The van der Waals surface area contributed by atoms with Crippen LogP contribution in [-0.4, -0.2) is 28.4 Å². The Kier molecular flexibility index (Phi) is 6.82. The number of halogens is 1. The molecule has 0 radical (unpaired) electrons. The lowest BCUT2D eigenvalue weighted by molar-refractivity contribution is -0.118. The highest BCUT2D eigenvalue weighted by molar-refractivity contribution is 6.30. The van der Waals surface area contributed by atoms with E-state index in [1.54, 1.807) is 72.9 Å². The number of aromatic nitrogens is 2. The predicted octanol–water partition coefficient (Wildman–Crippen LogP) is 6.36. The molecule has 0 atom stereocenters. The molecular weight excluding hydrogens is 528 g/mol. The maximum Gasteiger partial charge on any atom is 0.282 e. The second-order valence-electron chi connectivity index (χ2n) is 8.88. The molecule has 0 aliphatic heterocycles. The maximum atomic E-state index is 13.4. The van der Waals surface area contributed by atoms with Crippen molar-refractivity contribution < 1.29 is 13.9 Å². The monoisotopic (exact) mass is 548 g/mol. The number of benzene rings is 4. The molecule has 1 amide bonds. The van der Waals surface area contributed by atoms with Crippen LogP contribution < -0.4 is 15.6 Å². The van der Waals surface area contributed by atoms with Gasteiger partial charge in [0.05, 0.1) is 17.1 Å². The van der Waals surface area contributed by atoms with Crippen LogP contribution in [0.4, 0.5) is 5.69 Å². The highest BCUT2D eigenvalue weighted by Crippen LogP contribution is 2.27. The molecule has 4 aromatic carbocycles. The number of furan rings is 1. The third kappa shape index (κ3) is 5.34. The molecule has 0 saturated carbocycles. The van der Waals surface area contributed by atoms with Gasteiger partial charge in [-0.1, -0.05) is 41.9 Å². The van der Waals surface area contributed by atoms with Crippen LogP contribution in [0.15, 0.2) is 117 Å². The molecule has 196 valence electrons. The first-order valence-corrected chi connectivity index (χ1v) is 12.7. The molecule has 1 N–H and O–H groups in total. The largest absolute Gasteiger partial charge is 0.484 e. The minimum Gasteiger partial charge on any atom is -0.484 e. The molecule has 8 nitrogen and oxygen atoms in total. The molecule has 6 aromatic rings. The summed E-state index contributed by atoms with van der Waals surface area (Å²) in [6, 6.07) is 30.3. The number of nitrogens with zero attached hydrogens (tertiary/aromatic N) is 3. The van der Waals surface area contributed by atoms with E-state index >= 15 is 0 Å². The van der Waals surface area contributed by atoms with Gasteiger partial charge in [0.2, 0.25) is 5.82 Å². The molecule has 0 fully saturated rings. The van der Waals surface area contributed by atoms with Crippen LogP contribution in [-0.2, 0) is 4.79 Å². The van der Waals surface area contributed by atoms with Crippen molar-refractivity contribution in [3.8, 4) is 17.3 Å². The number of rotatable bonds is 7. The van der Waals surface area contributed by atoms with Crippen LogP contribution in [0.5, 0.6) is 5.75 Å². The average molecular weight is 549 g/mol. The Balaban J connectivity index is 1.23. The first-order valence-electron chi connectivity index (χ1n) is 12.4. The summed E-state index contributed by atoms with van der Waals surface area (Å²) in [6.07, 6.45) is 1.56. The number of carbonyl (C=O) groups excluding carboxylic acids is 1. The van der Waals surface area contributed by atoms with Gasteiger partial charge < -0.3 is 14.5 Å². The Bertz CT molecular complexity index is 1890. The number of para-hydroxylation sites is 2. The van der Waals surface area contributed by atoms with Crippen LogP contribution in [0.1, 0.15) is 5.56 Å². The highest BCUT2D eigenvalue weighted by atomic mass is 35.5. The number of hydrogen-bond donors (Lipinski definition) is 1. The van der Waals surface area contributed by atoms with Gasteiger partial charge in [-0.25, -0.2) is 4.98 Å². The molecule has 0 spiro atoms. The SMILES string of the molecule is O=C(COc1ccc(C=Nn2c(-c3cc4ccccc4o3)nc3ccccc3c2=O)cc1)Nc1ccc(Cl)cc1. The summed E-state index contributed by atoms with van der Waals surface area (Å²) >= 11 is 5.87. The highest BCUT2D eigenvalue weighted by Gasteiger charge is 2.16. The van der Waals surface area contributed by atoms with Crippen molar-refractivity contribution in [3.63, 3.8) is 0 Å². The number of anilines is 1. The second-order valence-corrected chi connectivity index (χ2v) is 9.31. The predicted molar refractivity (Wildman–Crippen MR) is 156 cm³/mol. The van der Waals surface area contributed by atoms with Crippen molar-refractivity contribution >= 4 is 51.3 Å². The smallest absolute Gasteiger partial charge is 0.282 e. The van der Waals surface area contributed by atoms with Crippen molar-refractivity contribution in [2.75, 3.05) is 11.9 Å². The van der Waals surface area contributed by atoms with Crippen molar-refractivity contribution in [1.82, 2.24) is 9.66 Å². The van der Waals surface area contributed by atoms with Crippen LogP contribution in [0.25, 0.3) is 33.5 Å². The molecular formula is C31H21ClN4O4. The Morgan fingerprint density at radius 1 is 0.975 bits per heavy atom. The quantitative estimate of drug-likeness (QED) is 0.234. The Morgan fingerprint density at radius 3 is 2.52 bits per heavy atom. The number of hydrogen-bond acceptors (Lipinski definition) is 6. The number of fused-ring (bicyclic) bond motifs is 2. The van der Waals surface area contributed by atoms with Crippen molar-refractivity contribution in [3.05, 3.63) is 124 Å². The van der Waals surface area contributed by atoms with E-state index in [1.165, 1.54) is 4.68 Å². The van der Waals surface area contributed by atoms with Crippen molar-refractivity contribution in [2.24, 2.45) is 5.10 Å². The summed E-state index contributed by atoms with van der Waals surface area (Å²) in [4.78, 5) is 30.3. The normalized spacial score (nSPS) is 11.3. The molecule has 0 aliphatic carbocycles. The lowest BCUT2D eigenvalue weighted by Crippen LogP contribution is -2.20. The van der Waals surface area contributed by atoms with Crippen LogP contribution in [0.2, 0.25) is 5.02 Å². The molecule has 0 unspecified atom stereocenters. The average Bonchev–Trinajstić information content (AvgIpc) is 3.42. The van der Waals surface area contributed by atoms with Gasteiger partial charge in [0, 0.05) is 16.1 Å². The fourth-order valence-electron chi connectivity index (χ4n) is 4.14. The van der Waals surface area contributed by atoms with Gasteiger partial charge in [0.25, 0.3) is 11.5 Å². The van der Waals surface area contributed by atoms with Gasteiger partial charge >= 0.3 is 0 Å². The Labute approximate surface area is 233 Å². The van der Waals surface area contributed by atoms with Gasteiger partial charge in [-0.2, -0.15) is 9.78 Å². The topological polar surface area (TPSA) is 98.7 Å². The Hall–Kier alpha value is -5.21. The lowest BCUT2D eigenvalue weighted by atomic mass is 10.2. The third-order valence-corrected chi connectivity index (χ3v) is 6.35. The molecule has 0 bridgehead atoms. The zero-order valence-corrected chi connectivity index (χ0v) is 21.7. The molecule has 2 aromatic heterocycles. The zero-order chi connectivity index (χ0) is 27.5. The molecule has 6 rings (SSSR count). The molecule has 9 heteroatoms. The number of nitrogens with one attached hydrogen (secondary N) is 1. The summed E-state index contributed by atoms with van der Waals surface area (Å²) in [7, 11) is 0. The van der Waals surface area contributed by atoms with Crippen LogP contribution in [0.3, 0.4) is 0 Å². The molecule has 0 saturated heterocycles. The van der Waals surface area contributed by atoms with E-state index in [4.69, 9.17) is 25.7 Å². The maximum absolute atomic E-state index is 13.4. The fourth-order valence-corrected chi connectivity index (χ4v) is 4.26. The van der Waals surface area contributed by atoms with Gasteiger partial charge in [0.15, 0.2) is 12.4 Å². The third-order valence-electron chi connectivity index (χ3n) is 6.10. The molecule has 2 heterocycles. The van der Waals surface area contributed by atoms with E-state index in [2.05, 4.69) is 10.4 Å². The second kappa shape index (κ2) is 10.9. The number of amides is 1. The molecule has 40 heavy (non-hydrogen) atoms. The van der Waals surface area contributed by atoms with Gasteiger partial charge in [0.1, 0.15) is 11.3 Å². The standard InChI is InChI=1S/C31H21ClN4O4/c32-22-11-13-23(14-12-22)34-29(37)19-39-24-15-9-20(10-16-24)18-33-36-30(28-17-21-5-1-4-8-27(21)40-28)35-26-7-3-2-6-25(26)31(36)38/h1-18H,19H2,(H,34,37). The fraction of sp³-hybridized carbons (Fsp3) is 0.0323. The van der Waals surface area contributed by atoms with Gasteiger partial charge in [-0.3, -0.25) is 9.59 Å². The van der Waals surface area contributed by atoms with E-state index in [1.807, 2.05) is 36.4 Å². The van der Waals surface area contributed by atoms with E-state index in [9.17, 15) is 9.59 Å². The van der Waals surface area contributed by atoms with Crippen molar-refractivity contribution in [2.45, 2.75) is 0 Å². The van der Waals surface area contributed by atoms with Crippen LogP contribution >= 0.6 is 11.6 Å². The van der Waals surface area contributed by atoms with Gasteiger partial charge in [-0.15, -0.1) is 0 Å². The zero-order valence-electron chi connectivity index (χ0n) is 21.0. The van der Waals surface area contributed by atoms with E-state index in [-0.39, 0.29) is 18.1 Å². The number of carbonyl (C=O) groups is 1. The minimum absolute atomic E-state index is 0.158. The minimum atomic E-state index is -0.316. The summed E-state index contributed by atoms with van der Waals surface area (Å²) in [5, 5.41) is 9.15.